The second-order valence-electron chi connectivity index (χ2n) is 7.50. The Kier molecular flexibility index (Phi) is 7.83. The minimum Gasteiger partial charge on any atom is -0.493 e. The predicted octanol–water partition coefficient (Wildman–Crippen LogP) is 2.35. The first-order chi connectivity index (χ1) is 15.0. The molecular formula is C23H28FN3O4. The van der Waals surface area contributed by atoms with Gasteiger partial charge in [0, 0.05) is 31.2 Å². The van der Waals surface area contributed by atoms with Crippen molar-refractivity contribution in [2.75, 3.05) is 33.9 Å². The number of halogens is 1. The van der Waals surface area contributed by atoms with Crippen LogP contribution in [0.15, 0.2) is 42.5 Å². The maximum absolute atomic E-state index is 12.9. The molecule has 1 heterocycles. The van der Waals surface area contributed by atoms with Gasteiger partial charge in [-0.3, -0.25) is 14.5 Å². The van der Waals surface area contributed by atoms with Gasteiger partial charge in [0.1, 0.15) is 5.82 Å². The third-order valence-electron chi connectivity index (χ3n) is 5.34. The molecule has 0 radical (unpaired) electrons. The lowest BCUT2D eigenvalue weighted by Gasteiger charge is -2.31. The van der Waals surface area contributed by atoms with Crippen LogP contribution < -0.4 is 20.1 Å². The molecule has 0 spiro atoms. The van der Waals surface area contributed by atoms with Crippen molar-refractivity contribution in [2.45, 2.75) is 25.4 Å². The summed E-state index contributed by atoms with van der Waals surface area (Å²) in [6, 6.07) is 11.2. The zero-order valence-electron chi connectivity index (χ0n) is 17.8. The molecule has 1 aliphatic heterocycles. The predicted molar refractivity (Wildman–Crippen MR) is 115 cm³/mol. The van der Waals surface area contributed by atoms with E-state index < -0.39 is 0 Å². The Morgan fingerprint density at radius 1 is 1.03 bits per heavy atom. The highest BCUT2D eigenvalue weighted by molar-refractivity contribution is 5.95. The van der Waals surface area contributed by atoms with Gasteiger partial charge in [0.2, 0.25) is 5.91 Å². The van der Waals surface area contributed by atoms with Gasteiger partial charge >= 0.3 is 0 Å². The van der Waals surface area contributed by atoms with E-state index in [9.17, 15) is 14.0 Å². The largest absolute Gasteiger partial charge is 0.493 e. The van der Waals surface area contributed by atoms with Crippen molar-refractivity contribution in [3.8, 4) is 11.5 Å². The van der Waals surface area contributed by atoms with Gasteiger partial charge in [0.15, 0.2) is 11.5 Å². The first-order valence-electron chi connectivity index (χ1n) is 10.2. The summed E-state index contributed by atoms with van der Waals surface area (Å²) >= 11 is 0. The zero-order chi connectivity index (χ0) is 22.2. The van der Waals surface area contributed by atoms with Crippen LogP contribution in [0, 0.1) is 5.82 Å². The second-order valence-corrected chi connectivity index (χ2v) is 7.50. The molecule has 31 heavy (non-hydrogen) atoms. The fraction of sp³-hybridized carbons (Fsp3) is 0.391. The second kappa shape index (κ2) is 10.8. The summed E-state index contributed by atoms with van der Waals surface area (Å²) in [6.45, 7) is 2.12. The van der Waals surface area contributed by atoms with Crippen LogP contribution in [0.3, 0.4) is 0 Å². The third kappa shape index (κ3) is 6.42. The van der Waals surface area contributed by atoms with Gasteiger partial charge in [-0.15, -0.1) is 0 Å². The van der Waals surface area contributed by atoms with Crippen LogP contribution in [0.5, 0.6) is 11.5 Å². The number of carbonyl (C=O) groups excluding carboxylic acids is 2. The van der Waals surface area contributed by atoms with E-state index in [2.05, 4.69) is 15.5 Å². The van der Waals surface area contributed by atoms with Gasteiger partial charge in [0.25, 0.3) is 5.91 Å². The van der Waals surface area contributed by atoms with Crippen LogP contribution in [0.25, 0.3) is 0 Å². The van der Waals surface area contributed by atoms with Crippen LogP contribution in [-0.4, -0.2) is 56.6 Å². The number of hydrogen-bond donors (Lipinski definition) is 2. The zero-order valence-corrected chi connectivity index (χ0v) is 17.8. The summed E-state index contributed by atoms with van der Waals surface area (Å²) in [5.41, 5.74) is 1.37. The quantitative estimate of drug-likeness (QED) is 0.674. The number of ether oxygens (including phenoxy) is 2. The number of hydrogen-bond acceptors (Lipinski definition) is 5. The van der Waals surface area contributed by atoms with Crippen LogP contribution in [0.1, 0.15) is 28.8 Å². The Hall–Kier alpha value is -3.13. The summed E-state index contributed by atoms with van der Waals surface area (Å²) < 4.78 is 23.4. The van der Waals surface area contributed by atoms with E-state index >= 15 is 0 Å². The van der Waals surface area contributed by atoms with Crippen molar-refractivity contribution in [3.63, 3.8) is 0 Å². The van der Waals surface area contributed by atoms with E-state index in [0.29, 0.717) is 30.2 Å². The Balaban J connectivity index is 1.41. The van der Waals surface area contributed by atoms with Gasteiger partial charge in [0.05, 0.1) is 20.8 Å². The molecule has 0 saturated carbocycles. The molecule has 2 N–H and O–H groups in total. The first-order valence-corrected chi connectivity index (χ1v) is 10.2. The van der Waals surface area contributed by atoms with Gasteiger partial charge in [-0.25, -0.2) is 4.39 Å². The molecular weight excluding hydrogens is 401 g/mol. The molecule has 0 aliphatic carbocycles. The normalized spacial score (nSPS) is 14.7. The lowest BCUT2D eigenvalue weighted by Crippen LogP contribution is -2.47. The fourth-order valence-electron chi connectivity index (χ4n) is 3.54. The van der Waals surface area contributed by atoms with E-state index in [-0.39, 0.29) is 23.7 Å². The highest BCUT2D eigenvalue weighted by Gasteiger charge is 2.23. The maximum atomic E-state index is 12.9. The monoisotopic (exact) mass is 429 g/mol. The van der Waals surface area contributed by atoms with Gasteiger partial charge in [-0.05, 0) is 48.7 Å². The van der Waals surface area contributed by atoms with Gasteiger partial charge in [-0.2, -0.15) is 0 Å². The molecule has 0 atom stereocenters. The van der Waals surface area contributed by atoms with Crippen molar-refractivity contribution in [1.29, 1.82) is 0 Å². The average molecular weight is 429 g/mol. The van der Waals surface area contributed by atoms with Crippen LogP contribution in [0.2, 0.25) is 0 Å². The number of piperidine rings is 1. The first kappa shape index (κ1) is 22.6. The number of nitrogens with one attached hydrogen (secondary N) is 2. The van der Waals surface area contributed by atoms with Gasteiger partial charge < -0.3 is 20.1 Å². The van der Waals surface area contributed by atoms with E-state index in [0.717, 1.165) is 31.5 Å². The smallest absolute Gasteiger partial charge is 0.251 e. The van der Waals surface area contributed by atoms with Crippen molar-refractivity contribution in [3.05, 3.63) is 59.4 Å². The standard InChI is InChI=1S/C23H28FN3O4/c1-30-20-8-5-17(13-21(20)31-2)23(29)26-19-9-11-27(12-10-19)15-22(28)25-14-16-3-6-18(24)7-4-16/h3-8,13,19H,9-12,14-15H2,1-2H3,(H,25,28)(H,26,29). The number of nitrogens with zero attached hydrogens (tertiary/aromatic N) is 1. The van der Waals surface area contributed by atoms with E-state index in [1.807, 2.05) is 0 Å². The summed E-state index contributed by atoms with van der Waals surface area (Å²) in [4.78, 5) is 26.8. The number of likely N-dealkylation sites (tertiary alicyclic amines) is 1. The summed E-state index contributed by atoms with van der Waals surface area (Å²) in [7, 11) is 3.08. The molecule has 1 fully saturated rings. The molecule has 0 aromatic heterocycles. The molecule has 1 aliphatic rings. The number of benzene rings is 2. The van der Waals surface area contributed by atoms with Crippen molar-refractivity contribution >= 4 is 11.8 Å². The van der Waals surface area contributed by atoms with E-state index in [1.165, 1.54) is 19.2 Å². The molecule has 0 unspecified atom stereocenters. The molecule has 166 valence electrons. The minimum absolute atomic E-state index is 0.0547. The fourth-order valence-corrected chi connectivity index (χ4v) is 3.54. The lowest BCUT2D eigenvalue weighted by atomic mass is 10.0. The highest BCUT2D eigenvalue weighted by Crippen LogP contribution is 2.27. The van der Waals surface area contributed by atoms with E-state index in [4.69, 9.17) is 9.47 Å². The molecule has 1 saturated heterocycles. The third-order valence-corrected chi connectivity index (χ3v) is 5.34. The average Bonchev–Trinajstić information content (AvgIpc) is 2.79. The Morgan fingerprint density at radius 2 is 1.71 bits per heavy atom. The molecule has 2 aromatic rings. The molecule has 0 bridgehead atoms. The molecule has 7 nitrogen and oxygen atoms in total. The molecule has 2 aromatic carbocycles. The van der Waals surface area contributed by atoms with Crippen molar-refractivity contribution in [2.24, 2.45) is 0 Å². The van der Waals surface area contributed by atoms with E-state index in [1.54, 1.807) is 37.4 Å². The van der Waals surface area contributed by atoms with Crippen molar-refractivity contribution < 1.29 is 23.5 Å². The summed E-state index contributed by atoms with van der Waals surface area (Å²) in [6.07, 6.45) is 1.54. The number of amides is 2. The molecule has 8 heteroatoms. The van der Waals surface area contributed by atoms with Gasteiger partial charge in [-0.1, -0.05) is 12.1 Å². The Morgan fingerprint density at radius 3 is 2.35 bits per heavy atom. The van der Waals surface area contributed by atoms with Crippen molar-refractivity contribution in [1.82, 2.24) is 15.5 Å². The Bertz CT molecular complexity index is 896. The lowest BCUT2D eigenvalue weighted by molar-refractivity contribution is -0.122. The SMILES string of the molecule is COc1ccc(C(=O)NC2CCN(CC(=O)NCc3ccc(F)cc3)CC2)cc1OC. The topological polar surface area (TPSA) is 79.9 Å². The van der Waals surface area contributed by atoms with Crippen LogP contribution in [-0.2, 0) is 11.3 Å². The number of methoxy groups -OCH3 is 2. The summed E-state index contributed by atoms with van der Waals surface area (Å²) in [5, 5.41) is 5.91. The van der Waals surface area contributed by atoms with Crippen LogP contribution >= 0.6 is 0 Å². The molecule has 3 rings (SSSR count). The molecule has 2 amide bonds. The van der Waals surface area contributed by atoms with Crippen LogP contribution in [0.4, 0.5) is 4.39 Å². The Labute approximate surface area is 181 Å². The number of rotatable bonds is 8. The maximum Gasteiger partial charge on any atom is 0.251 e. The highest BCUT2D eigenvalue weighted by atomic mass is 19.1. The summed E-state index contributed by atoms with van der Waals surface area (Å²) in [5.74, 6) is 0.562. The number of carbonyl (C=O) groups is 2. The minimum atomic E-state index is -0.295.